The highest BCUT2D eigenvalue weighted by Gasteiger charge is 2.37. The van der Waals surface area contributed by atoms with Crippen LogP contribution < -0.4 is 11.1 Å². The minimum atomic E-state index is -1.14. The van der Waals surface area contributed by atoms with Gasteiger partial charge in [-0.25, -0.2) is 9.48 Å². The first-order valence-electron chi connectivity index (χ1n) is 5.80. The fraction of sp³-hybridized carbons (Fsp3) is 0.600. The number of ether oxygens (including phenoxy) is 1. The maximum absolute atomic E-state index is 11.8. The number of aromatic nitrogens is 3. The summed E-state index contributed by atoms with van der Waals surface area (Å²) >= 11 is 0. The van der Waals surface area contributed by atoms with Crippen LogP contribution in [0.3, 0.4) is 0 Å². The molecule has 1 saturated heterocycles. The van der Waals surface area contributed by atoms with Gasteiger partial charge in [0.05, 0.1) is 19.3 Å². The number of hydrogen-bond acceptors (Lipinski definition) is 6. The lowest BCUT2D eigenvalue weighted by molar-refractivity contribution is -0.126. The Kier molecular flexibility index (Phi) is 3.76. The van der Waals surface area contributed by atoms with Crippen LogP contribution >= 0.6 is 0 Å². The van der Waals surface area contributed by atoms with Crippen molar-refractivity contribution in [3.05, 3.63) is 11.9 Å². The van der Waals surface area contributed by atoms with Crippen molar-refractivity contribution in [1.82, 2.24) is 20.3 Å². The average Bonchev–Trinajstić information content (AvgIpc) is 2.99. The molecule has 0 spiro atoms. The number of nitrogens with two attached hydrogens (primary N) is 1. The Morgan fingerprint density at radius 2 is 2.42 bits per heavy atom. The van der Waals surface area contributed by atoms with Crippen LogP contribution in [-0.4, -0.2) is 57.3 Å². The largest absolute Gasteiger partial charge is 0.476 e. The molecule has 0 bridgehead atoms. The summed E-state index contributed by atoms with van der Waals surface area (Å²) in [4.78, 5) is 22.4. The first-order valence-corrected chi connectivity index (χ1v) is 5.80. The molecular weight excluding hydrogens is 254 g/mol. The fourth-order valence-electron chi connectivity index (χ4n) is 1.73. The number of carbonyl (C=O) groups excluding carboxylic acids is 1. The highest BCUT2D eigenvalue weighted by molar-refractivity contribution is 5.86. The number of amides is 1. The normalized spacial score (nSPS) is 22.4. The Hall–Kier alpha value is -2.00. The SMILES string of the molecule is NC1(C(=O)NCCn2cc(C(=O)O)nn2)CCOC1. The van der Waals surface area contributed by atoms with E-state index in [2.05, 4.69) is 15.6 Å². The van der Waals surface area contributed by atoms with Crippen LogP contribution in [0, 0.1) is 0 Å². The van der Waals surface area contributed by atoms with Gasteiger partial charge in [0.2, 0.25) is 5.91 Å². The van der Waals surface area contributed by atoms with Crippen LogP contribution in [0.4, 0.5) is 0 Å². The number of hydrogen-bond donors (Lipinski definition) is 3. The summed E-state index contributed by atoms with van der Waals surface area (Å²) in [5.74, 6) is -1.41. The summed E-state index contributed by atoms with van der Waals surface area (Å²) < 4.78 is 6.44. The van der Waals surface area contributed by atoms with Crippen molar-refractivity contribution in [1.29, 1.82) is 0 Å². The van der Waals surface area contributed by atoms with Gasteiger partial charge in [-0.2, -0.15) is 0 Å². The van der Waals surface area contributed by atoms with Crippen LogP contribution in [0.1, 0.15) is 16.9 Å². The molecular formula is C10H15N5O4. The molecule has 1 aromatic rings. The van der Waals surface area contributed by atoms with Gasteiger partial charge in [0, 0.05) is 13.2 Å². The zero-order valence-corrected chi connectivity index (χ0v) is 10.2. The Morgan fingerprint density at radius 3 is 3.00 bits per heavy atom. The third kappa shape index (κ3) is 3.06. The molecule has 9 nitrogen and oxygen atoms in total. The third-order valence-corrected chi connectivity index (χ3v) is 2.89. The zero-order valence-electron chi connectivity index (χ0n) is 10.2. The van der Waals surface area contributed by atoms with Crippen LogP contribution in [0.25, 0.3) is 0 Å². The van der Waals surface area contributed by atoms with Crippen LogP contribution in [-0.2, 0) is 16.1 Å². The van der Waals surface area contributed by atoms with Crippen molar-refractivity contribution in [2.24, 2.45) is 5.73 Å². The summed E-state index contributed by atoms with van der Waals surface area (Å²) in [6.45, 7) is 1.31. The standard InChI is InChI=1S/C10H15N5O4/c11-10(1-4-19-6-10)9(18)12-2-3-15-5-7(8(16)17)13-14-15/h5H,1-4,6,11H2,(H,12,18)(H,16,17). The van der Waals surface area contributed by atoms with Crippen LogP contribution in [0.15, 0.2) is 6.20 Å². The van der Waals surface area contributed by atoms with Crippen LogP contribution in [0.2, 0.25) is 0 Å². The molecule has 1 unspecified atom stereocenters. The molecule has 0 aromatic carbocycles. The van der Waals surface area contributed by atoms with E-state index in [9.17, 15) is 9.59 Å². The van der Waals surface area contributed by atoms with Gasteiger partial charge in [-0.15, -0.1) is 5.10 Å². The van der Waals surface area contributed by atoms with Gasteiger partial charge in [0.1, 0.15) is 5.54 Å². The fourth-order valence-corrected chi connectivity index (χ4v) is 1.73. The van der Waals surface area contributed by atoms with Gasteiger partial charge < -0.3 is 20.9 Å². The Balaban J connectivity index is 1.79. The van der Waals surface area contributed by atoms with Crippen molar-refractivity contribution < 1.29 is 19.4 Å². The second-order valence-corrected chi connectivity index (χ2v) is 4.39. The number of nitrogens with one attached hydrogen (secondary N) is 1. The molecule has 0 radical (unpaired) electrons. The maximum Gasteiger partial charge on any atom is 0.358 e. The highest BCUT2D eigenvalue weighted by Crippen LogP contribution is 2.15. The molecule has 1 aromatic heterocycles. The number of carbonyl (C=O) groups is 2. The van der Waals surface area contributed by atoms with Crippen molar-refractivity contribution >= 4 is 11.9 Å². The van der Waals surface area contributed by atoms with Crippen molar-refractivity contribution in [3.63, 3.8) is 0 Å². The van der Waals surface area contributed by atoms with E-state index in [0.717, 1.165) is 0 Å². The summed E-state index contributed by atoms with van der Waals surface area (Å²) in [6.07, 6.45) is 1.79. The Bertz CT molecular complexity index is 480. The zero-order chi connectivity index (χ0) is 13.9. The van der Waals surface area contributed by atoms with E-state index in [4.69, 9.17) is 15.6 Å². The number of nitrogens with zero attached hydrogens (tertiary/aromatic N) is 3. The monoisotopic (exact) mass is 269 g/mol. The first kappa shape index (κ1) is 13.4. The van der Waals surface area contributed by atoms with Gasteiger partial charge in [0.15, 0.2) is 5.69 Å². The summed E-state index contributed by atoms with van der Waals surface area (Å²) in [5, 5.41) is 18.4. The summed E-state index contributed by atoms with van der Waals surface area (Å²) in [6, 6.07) is 0. The quantitative estimate of drug-likeness (QED) is 0.575. The molecule has 19 heavy (non-hydrogen) atoms. The molecule has 1 amide bonds. The average molecular weight is 269 g/mol. The molecule has 2 rings (SSSR count). The molecule has 1 aliphatic heterocycles. The van der Waals surface area contributed by atoms with Crippen molar-refractivity contribution in [2.75, 3.05) is 19.8 Å². The predicted molar refractivity (Wildman–Crippen MR) is 62.3 cm³/mol. The van der Waals surface area contributed by atoms with Gasteiger partial charge in [-0.05, 0) is 6.42 Å². The van der Waals surface area contributed by atoms with E-state index in [1.165, 1.54) is 10.9 Å². The maximum atomic E-state index is 11.8. The second kappa shape index (κ2) is 5.33. The molecule has 9 heteroatoms. The lowest BCUT2D eigenvalue weighted by atomic mass is 9.99. The highest BCUT2D eigenvalue weighted by atomic mass is 16.5. The Labute approximate surface area is 108 Å². The third-order valence-electron chi connectivity index (χ3n) is 2.89. The van der Waals surface area contributed by atoms with Gasteiger partial charge in [-0.3, -0.25) is 4.79 Å². The second-order valence-electron chi connectivity index (χ2n) is 4.39. The Morgan fingerprint density at radius 1 is 1.63 bits per heavy atom. The van der Waals surface area contributed by atoms with Crippen molar-refractivity contribution in [2.45, 2.75) is 18.5 Å². The predicted octanol–water partition coefficient (Wildman–Crippen LogP) is -1.79. The van der Waals surface area contributed by atoms with Crippen molar-refractivity contribution in [3.8, 4) is 0 Å². The number of carboxylic acids is 1. The minimum Gasteiger partial charge on any atom is -0.476 e. The van der Waals surface area contributed by atoms with E-state index in [0.29, 0.717) is 26.1 Å². The van der Waals surface area contributed by atoms with E-state index in [1.54, 1.807) is 0 Å². The lowest BCUT2D eigenvalue weighted by Crippen LogP contribution is -2.55. The molecule has 2 heterocycles. The molecule has 4 N–H and O–H groups in total. The number of carboxylic acid groups (broad SMARTS) is 1. The molecule has 0 saturated carbocycles. The topological polar surface area (TPSA) is 132 Å². The lowest BCUT2D eigenvalue weighted by Gasteiger charge is -2.20. The molecule has 1 fully saturated rings. The van der Waals surface area contributed by atoms with E-state index >= 15 is 0 Å². The minimum absolute atomic E-state index is 0.134. The van der Waals surface area contributed by atoms with E-state index in [-0.39, 0.29) is 18.2 Å². The number of aromatic carboxylic acids is 1. The summed E-state index contributed by atoms with van der Waals surface area (Å²) in [7, 11) is 0. The molecule has 0 aliphatic carbocycles. The van der Waals surface area contributed by atoms with E-state index < -0.39 is 11.5 Å². The molecule has 104 valence electrons. The van der Waals surface area contributed by atoms with Crippen LogP contribution in [0.5, 0.6) is 0 Å². The first-order chi connectivity index (χ1) is 9.01. The molecule has 1 atom stereocenters. The summed E-state index contributed by atoms with van der Waals surface area (Å²) in [5.41, 5.74) is 4.78. The van der Waals surface area contributed by atoms with Gasteiger partial charge in [-0.1, -0.05) is 5.21 Å². The van der Waals surface area contributed by atoms with Gasteiger partial charge >= 0.3 is 5.97 Å². The molecule has 1 aliphatic rings. The van der Waals surface area contributed by atoms with E-state index in [1.807, 2.05) is 0 Å². The van der Waals surface area contributed by atoms with Gasteiger partial charge in [0.25, 0.3) is 0 Å². The smallest absolute Gasteiger partial charge is 0.358 e. The number of rotatable bonds is 5.